The number of hydrogen-bond donors (Lipinski definition) is 1. The number of halogens is 1. The van der Waals surface area contributed by atoms with Crippen LogP contribution in [0, 0.1) is 5.82 Å². The Kier molecular flexibility index (Phi) is 6.68. The molecule has 1 aromatic rings. The van der Waals surface area contributed by atoms with Crippen LogP contribution < -0.4 is 0 Å². The summed E-state index contributed by atoms with van der Waals surface area (Å²) in [6, 6.07) is 4.63. The van der Waals surface area contributed by atoms with Crippen molar-refractivity contribution < 1.29 is 9.50 Å². The molecule has 0 radical (unpaired) electrons. The number of hydrogen-bond acceptors (Lipinski definition) is 3. The van der Waals surface area contributed by atoms with E-state index in [-0.39, 0.29) is 5.82 Å². The van der Waals surface area contributed by atoms with Gasteiger partial charge >= 0.3 is 0 Å². The lowest BCUT2D eigenvalue weighted by molar-refractivity contribution is 0.196. The molecule has 0 spiro atoms. The van der Waals surface area contributed by atoms with Crippen LogP contribution in [-0.2, 0) is 0 Å². The van der Waals surface area contributed by atoms with E-state index in [2.05, 4.69) is 18.7 Å². The van der Waals surface area contributed by atoms with Gasteiger partial charge < -0.3 is 10.0 Å². The molecule has 102 valence electrons. The fourth-order valence-corrected chi connectivity index (χ4v) is 2.93. The van der Waals surface area contributed by atoms with Gasteiger partial charge in [0.25, 0.3) is 0 Å². The molecule has 0 fully saturated rings. The van der Waals surface area contributed by atoms with Crippen molar-refractivity contribution in [1.82, 2.24) is 4.90 Å². The third-order valence-corrected chi connectivity index (χ3v) is 4.05. The van der Waals surface area contributed by atoms with Gasteiger partial charge in [0.1, 0.15) is 5.82 Å². The zero-order valence-electron chi connectivity index (χ0n) is 11.3. The van der Waals surface area contributed by atoms with Crippen LogP contribution >= 0.6 is 11.8 Å². The number of benzene rings is 1. The predicted octanol–water partition coefficient (Wildman–Crippen LogP) is 3.31. The average molecular weight is 271 g/mol. The highest BCUT2D eigenvalue weighted by atomic mass is 32.2. The molecule has 0 heterocycles. The van der Waals surface area contributed by atoms with Crippen LogP contribution in [0.3, 0.4) is 0 Å². The zero-order chi connectivity index (χ0) is 13.5. The Morgan fingerprint density at radius 3 is 2.56 bits per heavy atom. The zero-order valence-corrected chi connectivity index (χ0v) is 12.1. The maximum Gasteiger partial charge on any atom is 0.123 e. The molecule has 0 saturated heterocycles. The van der Waals surface area contributed by atoms with Gasteiger partial charge in [0.2, 0.25) is 0 Å². The van der Waals surface area contributed by atoms with Crippen LogP contribution in [0.5, 0.6) is 0 Å². The number of thioether (sulfide) groups is 1. The molecule has 0 aliphatic rings. The molecule has 1 aromatic carbocycles. The van der Waals surface area contributed by atoms with Crippen molar-refractivity contribution in [1.29, 1.82) is 0 Å². The molecule has 1 N–H and O–H groups in total. The van der Waals surface area contributed by atoms with Crippen LogP contribution in [0.15, 0.2) is 23.1 Å². The Bertz CT molecular complexity index is 367. The minimum atomic E-state index is -0.628. The maximum absolute atomic E-state index is 13.1. The van der Waals surface area contributed by atoms with E-state index in [4.69, 9.17) is 0 Å². The number of aliphatic hydroxyl groups is 1. The highest BCUT2D eigenvalue weighted by molar-refractivity contribution is 7.99. The van der Waals surface area contributed by atoms with Crippen LogP contribution in [0.25, 0.3) is 0 Å². The van der Waals surface area contributed by atoms with E-state index in [9.17, 15) is 9.50 Å². The van der Waals surface area contributed by atoms with Gasteiger partial charge in [-0.05, 0) is 43.8 Å². The van der Waals surface area contributed by atoms with Crippen LogP contribution in [0.4, 0.5) is 4.39 Å². The van der Waals surface area contributed by atoms with Crippen molar-refractivity contribution in [2.45, 2.75) is 31.8 Å². The standard InChI is InChI=1S/C14H22FNOS/c1-4-16(5-2)8-9-18-14-7-6-12(15)10-13(14)11(3)17/h6-7,10-11,17H,4-5,8-9H2,1-3H3. The van der Waals surface area contributed by atoms with Gasteiger partial charge in [-0.15, -0.1) is 11.8 Å². The normalized spacial score (nSPS) is 13.0. The van der Waals surface area contributed by atoms with E-state index in [1.165, 1.54) is 12.1 Å². The van der Waals surface area contributed by atoms with E-state index in [0.29, 0.717) is 5.56 Å². The smallest absolute Gasteiger partial charge is 0.123 e. The summed E-state index contributed by atoms with van der Waals surface area (Å²) in [5.74, 6) is 0.659. The van der Waals surface area contributed by atoms with Gasteiger partial charge in [0.05, 0.1) is 6.10 Å². The number of rotatable bonds is 7. The summed E-state index contributed by atoms with van der Waals surface area (Å²) in [5, 5.41) is 9.64. The van der Waals surface area contributed by atoms with Crippen LogP contribution in [0.1, 0.15) is 32.4 Å². The molecule has 0 aliphatic heterocycles. The average Bonchev–Trinajstić information content (AvgIpc) is 2.36. The molecule has 0 bridgehead atoms. The summed E-state index contributed by atoms with van der Waals surface area (Å²) in [4.78, 5) is 3.32. The minimum Gasteiger partial charge on any atom is -0.389 e. The first kappa shape index (κ1) is 15.5. The highest BCUT2D eigenvalue weighted by Crippen LogP contribution is 2.28. The first-order chi connectivity index (χ1) is 8.58. The molecule has 1 unspecified atom stereocenters. The molecular formula is C14H22FNOS. The lowest BCUT2D eigenvalue weighted by Crippen LogP contribution is -2.25. The van der Waals surface area contributed by atoms with Crippen molar-refractivity contribution >= 4 is 11.8 Å². The van der Waals surface area contributed by atoms with Gasteiger partial charge in [0.15, 0.2) is 0 Å². The van der Waals surface area contributed by atoms with Crippen molar-refractivity contribution in [3.63, 3.8) is 0 Å². The first-order valence-electron chi connectivity index (χ1n) is 6.41. The lowest BCUT2D eigenvalue weighted by Gasteiger charge is -2.18. The highest BCUT2D eigenvalue weighted by Gasteiger charge is 2.10. The summed E-state index contributed by atoms with van der Waals surface area (Å²) < 4.78 is 13.1. The second-order valence-electron chi connectivity index (χ2n) is 4.23. The molecule has 0 amide bonds. The molecule has 1 atom stereocenters. The molecule has 2 nitrogen and oxygen atoms in total. The molecule has 0 saturated carbocycles. The van der Waals surface area contributed by atoms with Gasteiger partial charge in [-0.1, -0.05) is 13.8 Å². The second kappa shape index (κ2) is 7.77. The largest absolute Gasteiger partial charge is 0.389 e. The van der Waals surface area contributed by atoms with Crippen LogP contribution in [-0.4, -0.2) is 35.4 Å². The van der Waals surface area contributed by atoms with Gasteiger partial charge in [-0.3, -0.25) is 0 Å². The Labute approximate surface area is 113 Å². The topological polar surface area (TPSA) is 23.5 Å². The summed E-state index contributed by atoms with van der Waals surface area (Å²) in [5.41, 5.74) is 0.680. The molecule has 0 aromatic heterocycles. The Balaban J connectivity index is 2.61. The molecule has 18 heavy (non-hydrogen) atoms. The predicted molar refractivity (Wildman–Crippen MR) is 75.5 cm³/mol. The van der Waals surface area contributed by atoms with Gasteiger partial charge in [-0.25, -0.2) is 4.39 Å². The Morgan fingerprint density at radius 1 is 1.33 bits per heavy atom. The first-order valence-corrected chi connectivity index (χ1v) is 7.39. The van der Waals surface area contributed by atoms with Crippen LogP contribution in [0.2, 0.25) is 0 Å². The van der Waals surface area contributed by atoms with Crippen molar-refractivity contribution in [3.8, 4) is 0 Å². The van der Waals surface area contributed by atoms with E-state index in [1.807, 2.05) is 0 Å². The summed E-state index contributed by atoms with van der Waals surface area (Å²) >= 11 is 1.67. The monoisotopic (exact) mass is 271 g/mol. The molecule has 0 aliphatic carbocycles. The van der Waals surface area contributed by atoms with E-state index in [0.717, 1.165) is 30.3 Å². The van der Waals surface area contributed by atoms with Gasteiger partial charge in [0, 0.05) is 17.2 Å². The third kappa shape index (κ3) is 4.59. The van der Waals surface area contributed by atoms with E-state index >= 15 is 0 Å². The Morgan fingerprint density at radius 2 is 2.00 bits per heavy atom. The summed E-state index contributed by atoms with van der Waals surface area (Å²) in [6.45, 7) is 9.06. The second-order valence-corrected chi connectivity index (χ2v) is 5.37. The Hall–Kier alpha value is -0.580. The summed E-state index contributed by atoms with van der Waals surface area (Å²) in [7, 11) is 0. The van der Waals surface area contributed by atoms with E-state index < -0.39 is 6.10 Å². The molecule has 4 heteroatoms. The van der Waals surface area contributed by atoms with Crippen molar-refractivity contribution in [2.75, 3.05) is 25.4 Å². The SMILES string of the molecule is CCN(CC)CCSc1ccc(F)cc1C(C)O. The minimum absolute atomic E-state index is 0.293. The maximum atomic E-state index is 13.1. The van der Waals surface area contributed by atoms with Crippen molar-refractivity contribution in [3.05, 3.63) is 29.6 Å². The fraction of sp³-hybridized carbons (Fsp3) is 0.571. The lowest BCUT2D eigenvalue weighted by atomic mass is 10.1. The third-order valence-electron chi connectivity index (χ3n) is 2.98. The summed E-state index contributed by atoms with van der Waals surface area (Å²) in [6.07, 6.45) is -0.628. The molecule has 1 rings (SSSR count). The number of nitrogens with zero attached hydrogens (tertiary/aromatic N) is 1. The van der Waals surface area contributed by atoms with Crippen molar-refractivity contribution in [2.24, 2.45) is 0 Å². The van der Waals surface area contributed by atoms with E-state index in [1.54, 1.807) is 24.8 Å². The number of aliphatic hydroxyl groups excluding tert-OH is 1. The van der Waals surface area contributed by atoms with Gasteiger partial charge in [-0.2, -0.15) is 0 Å². The molecular weight excluding hydrogens is 249 g/mol. The fourth-order valence-electron chi connectivity index (χ4n) is 1.80. The quantitative estimate of drug-likeness (QED) is 0.770.